The van der Waals surface area contributed by atoms with Crippen LogP contribution in [0.3, 0.4) is 0 Å². The van der Waals surface area contributed by atoms with E-state index in [-0.39, 0.29) is 11.4 Å². The van der Waals surface area contributed by atoms with Crippen LogP contribution in [0.25, 0.3) is 0 Å². The van der Waals surface area contributed by atoms with Crippen molar-refractivity contribution in [2.75, 3.05) is 23.3 Å². The molecule has 1 fully saturated rings. The van der Waals surface area contributed by atoms with Gasteiger partial charge in [-0.25, -0.2) is 4.98 Å². The topological polar surface area (TPSA) is 57.3 Å². The molecule has 2 heterocycles. The average Bonchev–Trinajstić information content (AvgIpc) is 2.62. The smallest absolute Gasteiger partial charge is 0.253 e. The monoisotopic (exact) mass is 366 g/mol. The first-order valence-electron chi connectivity index (χ1n) is 9.71. The lowest BCUT2D eigenvalue weighted by Crippen LogP contribution is -2.40. The highest BCUT2D eigenvalue weighted by molar-refractivity contribution is 5.94. The van der Waals surface area contributed by atoms with Crippen LogP contribution in [-0.4, -0.2) is 29.5 Å². The van der Waals surface area contributed by atoms with Gasteiger partial charge in [0.15, 0.2) is 0 Å². The van der Waals surface area contributed by atoms with Crippen molar-refractivity contribution in [3.63, 3.8) is 0 Å². The van der Waals surface area contributed by atoms with Gasteiger partial charge in [0.1, 0.15) is 5.82 Å². The molecule has 0 radical (unpaired) electrons. The molecule has 2 N–H and O–H groups in total. The van der Waals surface area contributed by atoms with Crippen molar-refractivity contribution in [1.29, 1.82) is 0 Å². The van der Waals surface area contributed by atoms with Gasteiger partial charge in [0.05, 0.1) is 5.56 Å². The third kappa shape index (κ3) is 5.46. The first-order chi connectivity index (χ1) is 12.8. The Hall–Kier alpha value is -2.56. The van der Waals surface area contributed by atoms with Crippen LogP contribution in [0.15, 0.2) is 42.6 Å². The fourth-order valence-electron chi connectivity index (χ4n) is 3.19. The molecule has 1 aliphatic rings. The molecule has 0 bridgehead atoms. The first kappa shape index (κ1) is 19.2. The quantitative estimate of drug-likeness (QED) is 0.831. The molecule has 27 heavy (non-hydrogen) atoms. The number of benzene rings is 1. The van der Waals surface area contributed by atoms with Gasteiger partial charge in [0, 0.05) is 36.2 Å². The number of anilines is 3. The highest BCUT2D eigenvalue weighted by Crippen LogP contribution is 2.25. The van der Waals surface area contributed by atoms with E-state index in [1.165, 1.54) is 18.5 Å². The minimum absolute atomic E-state index is 0.109. The number of nitrogens with zero attached hydrogens (tertiary/aromatic N) is 2. The molecule has 1 amide bonds. The van der Waals surface area contributed by atoms with Crippen molar-refractivity contribution in [3.8, 4) is 0 Å². The van der Waals surface area contributed by atoms with Gasteiger partial charge in [-0.05, 0) is 75.9 Å². The summed E-state index contributed by atoms with van der Waals surface area (Å²) < 4.78 is 0. The van der Waals surface area contributed by atoms with Gasteiger partial charge < -0.3 is 15.5 Å². The van der Waals surface area contributed by atoms with E-state index in [2.05, 4.69) is 51.7 Å². The predicted molar refractivity (Wildman–Crippen MR) is 112 cm³/mol. The van der Waals surface area contributed by atoms with Crippen LogP contribution < -0.4 is 15.5 Å². The Morgan fingerprint density at radius 2 is 1.74 bits per heavy atom. The number of amides is 1. The molecule has 1 saturated heterocycles. The molecule has 5 nitrogen and oxygen atoms in total. The van der Waals surface area contributed by atoms with Gasteiger partial charge >= 0.3 is 0 Å². The highest BCUT2D eigenvalue weighted by atomic mass is 16.1. The number of piperidine rings is 1. The Bertz CT molecular complexity index is 754. The second-order valence-electron chi connectivity index (χ2n) is 8.48. The van der Waals surface area contributed by atoms with E-state index in [9.17, 15) is 4.79 Å². The highest BCUT2D eigenvalue weighted by Gasteiger charge is 2.16. The summed E-state index contributed by atoms with van der Waals surface area (Å²) in [6, 6.07) is 12.1. The molecule has 1 aliphatic heterocycles. The molecule has 0 aliphatic carbocycles. The van der Waals surface area contributed by atoms with Crippen molar-refractivity contribution in [3.05, 3.63) is 48.2 Å². The molecule has 3 rings (SSSR count). The fraction of sp³-hybridized carbons (Fsp3) is 0.455. The predicted octanol–water partition coefficient (Wildman–Crippen LogP) is 4.59. The molecule has 5 heteroatoms. The fourth-order valence-corrected chi connectivity index (χ4v) is 3.19. The lowest BCUT2D eigenvalue weighted by atomic mass is 9.99. The number of hydrogen-bond donors (Lipinski definition) is 2. The Balaban J connectivity index is 1.59. The van der Waals surface area contributed by atoms with Gasteiger partial charge in [-0.1, -0.05) is 6.92 Å². The van der Waals surface area contributed by atoms with Crippen molar-refractivity contribution >= 4 is 23.1 Å². The molecule has 0 unspecified atom stereocenters. The van der Waals surface area contributed by atoms with Crippen LogP contribution in [-0.2, 0) is 0 Å². The largest absolute Gasteiger partial charge is 0.372 e. The van der Waals surface area contributed by atoms with Crippen LogP contribution in [0.2, 0.25) is 0 Å². The maximum atomic E-state index is 12.2. The van der Waals surface area contributed by atoms with Crippen LogP contribution >= 0.6 is 0 Å². The van der Waals surface area contributed by atoms with E-state index in [1.54, 1.807) is 12.3 Å². The zero-order valence-corrected chi connectivity index (χ0v) is 16.7. The standard InChI is InChI=1S/C22H30N4O/c1-16-11-13-26(14-12-16)19-8-6-18(7-9-19)24-20-10-5-17(15-23-20)21(27)25-22(2,3)4/h5-10,15-16H,11-14H2,1-4H3,(H,23,24)(H,25,27). The molecule has 0 atom stereocenters. The summed E-state index contributed by atoms with van der Waals surface area (Å²) in [6.45, 7) is 10.5. The van der Waals surface area contributed by atoms with Crippen molar-refractivity contribution in [2.45, 2.75) is 46.1 Å². The maximum Gasteiger partial charge on any atom is 0.253 e. The number of hydrogen-bond acceptors (Lipinski definition) is 4. The lowest BCUT2D eigenvalue weighted by molar-refractivity contribution is 0.0919. The number of carbonyl (C=O) groups is 1. The minimum Gasteiger partial charge on any atom is -0.372 e. The molecular weight excluding hydrogens is 336 g/mol. The summed E-state index contributed by atoms with van der Waals surface area (Å²) in [5.74, 6) is 1.45. The van der Waals surface area contributed by atoms with Crippen LogP contribution in [0.1, 0.15) is 50.9 Å². The number of aromatic nitrogens is 1. The van der Waals surface area contributed by atoms with E-state index in [4.69, 9.17) is 0 Å². The third-order valence-electron chi connectivity index (χ3n) is 4.80. The minimum atomic E-state index is -0.262. The van der Waals surface area contributed by atoms with Crippen LogP contribution in [0, 0.1) is 5.92 Å². The zero-order valence-electron chi connectivity index (χ0n) is 16.7. The van der Waals surface area contributed by atoms with Gasteiger partial charge in [-0.2, -0.15) is 0 Å². The molecule has 1 aromatic heterocycles. The maximum absolute atomic E-state index is 12.2. The molecule has 144 valence electrons. The summed E-state index contributed by atoms with van der Waals surface area (Å²) in [5, 5.41) is 6.23. The average molecular weight is 367 g/mol. The molecular formula is C22H30N4O. The van der Waals surface area contributed by atoms with Crippen LogP contribution in [0.5, 0.6) is 0 Å². The van der Waals surface area contributed by atoms with Crippen molar-refractivity contribution in [2.24, 2.45) is 5.92 Å². The van der Waals surface area contributed by atoms with E-state index in [0.717, 1.165) is 30.5 Å². The molecule has 0 saturated carbocycles. The second-order valence-corrected chi connectivity index (χ2v) is 8.48. The third-order valence-corrected chi connectivity index (χ3v) is 4.80. The van der Waals surface area contributed by atoms with Gasteiger partial charge in [-0.15, -0.1) is 0 Å². The number of carbonyl (C=O) groups excluding carboxylic acids is 1. The summed E-state index contributed by atoms with van der Waals surface area (Å²) in [6.07, 6.45) is 4.13. The normalized spacial score (nSPS) is 15.5. The van der Waals surface area contributed by atoms with E-state index in [0.29, 0.717) is 5.56 Å². The number of pyridine rings is 1. The second kappa shape index (κ2) is 7.99. The summed E-state index contributed by atoms with van der Waals surface area (Å²) in [4.78, 5) is 19.0. The summed E-state index contributed by atoms with van der Waals surface area (Å²) >= 11 is 0. The first-order valence-corrected chi connectivity index (χ1v) is 9.71. The van der Waals surface area contributed by atoms with Crippen molar-refractivity contribution < 1.29 is 4.79 Å². The molecule has 2 aromatic rings. The zero-order chi connectivity index (χ0) is 19.4. The van der Waals surface area contributed by atoms with Gasteiger partial charge in [-0.3, -0.25) is 4.79 Å². The van der Waals surface area contributed by atoms with Gasteiger partial charge in [0.2, 0.25) is 0 Å². The molecule has 0 spiro atoms. The summed E-state index contributed by atoms with van der Waals surface area (Å²) in [7, 11) is 0. The summed E-state index contributed by atoms with van der Waals surface area (Å²) in [5.41, 5.74) is 2.56. The van der Waals surface area contributed by atoms with E-state index >= 15 is 0 Å². The Labute approximate surface area is 162 Å². The Morgan fingerprint density at radius 1 is 1.07 bits per heavy atom. The van der Waals surface area contributed by atoms with Gasteiger partial charge in [0.25, 0.3) is 5.91 Å². The lowest BCUT2D eigenvalue weighted by Gasteiger charge is -2.32. The molecule has 1 aromatic carbocycles. The van der Waals surface area contributed by atoms with Crippen molar-refractivity contribution in [1.82, 2.24) is 10.3 Å². The van der Waals surface area contributed by atoms with E-state index in [1.807, 2.05) is 26.8 Å². The van der Waals surface area contributed by atoms with E-state index < -0.39 is 0 Å². The number of nitrogens with one attached hydrogen (secondary N) is 2. The number of rotatable bonds is 4. The van der Waals surface area contributed by atoms with Crippen LogP contribution in [0.4, 0.5) is 17.2 Å². The Morgan fingerprint density at radius 3 is 2.30 bits per heavy atom. The SMILES string of the molecule is CC1CCN(c2ccc(Nc3ccc(C(=O)NC(C)(C)C)cn3)cc2)CC1. The Kier molecular flexibility index (Phi) is 5.68.